The molecule has 2 atom stereocenters. The van der Waals surface area contributed by atoms with Crippen molar-refractivity contribution in [2.45, 2.75) is 20.0 Å². The zero-order valence-corrected chi connectivity index (χ0v) is 10.4. The van der Waals surface area contributed by atoms with E-state index in [1.165, 1.54) is 13.8 Å². The van der Waals surface area contributed by atoms with Gasteiger partial charge in [0.15, 0.2) is 0 Å². The van der Waals surface area contributed by atoms with Crippen LogP contribution in [0.3, 0.4) is 0 Å². The van der Waals surface area contributed by atoms with Gasteiger partial charge in [0, 0.05) is 0 Å². The van der Waals surface area contributed by atoms with Gasteiger partial charge in [0.1, 0.15) is 0 Å². The minimum atomic E-state index is -4.91. The second kappa shape index (κ2) is 4.04. The molecule has 2 unspecified atom stereocenters. The highest BCUT2D eigenvalue weighted by Gasteiger charge is 2.54. The van der Waals surface area contributed by atoms with Gasteiger partial charge < -0.3 is 9.79 Å². The Morgan fingerprint density at radius 3 is 1.73 bits per heavy atom. The summed E-state index contributed by atoms with van der Waals surface area (Å²) in [5.41, 5.74) is 0. The van der Waals surface area contributed by atoms with Crippen LogP contribution in [0, 0.1) is 0 Å². The Morgan fingerprint density at radius 2 is 1.40 bits per heavy atom. The van der Waals surface area contributed by atoms with E-state index < -0.39 is 29.6 Å². The van der Waals surface area contributed by atoms with E-state index >= 15 is 0 Å². The summed E-state index contributed by atoms with van der Waals surface area (Å²) in [6.07, 6.45) is -0.700. The topological polar surface area (TPSA) is 129 Å². The molecule has 0 aromatic heterocycles. The maximum Gasteiger partial charge on any atom is 0.492 e. The molecule has 1 fully saturated rings. The molecule has 12 heteroatoms. The minimum Gasteiger partial charge on any atom is -0.302 e. The predicted octanol–water partition coefficient (Wildman–Crippen LogP) is 1.78. The summed E-state index contributed by atoms with van der Waals surface area (Å²) in [7, 11) is -14.4. The molecule has 1 aliphatic rings. The molecule has 0 radical (unpaired) electrons. The van der Waals surface area contributed by atoms with Gasteiger partial charge in [-0.2, -0.15) is 12.9 Å². The molecule has 0 aliphatic carbocycles. The number of hydrogen-bond acceptors (Lipinski definition) is 7. The molecule has 0 aromatic rings. The highest BCUT2D eigenvalue weighted by molar-refractivity contribution is 7.74. The molecular weight excluding hydrogens is 273 g/mol. The molecule has 0 saturated carbocycles. The summed E-state index contributed by atoms with van der Waals surface area (Å²) in [6, 6.07) is 0. The average Bonchev–Trinajstić information content (AvgIpc) is 1.70. The summed E-state index contributed by atoms with van der Waals surface area (Å²) < 4.78 is 49.4. The fourth-order valence-corrected chi connectivity index (χ4v) is 5.78. The van der Waals surface area contributed by atoms with Crippen molar-refractivity contribution in [3.05, 3.63) is 0 Å². The Bertz CT molecular complexity index is 358. The normalized spacial score (nSPS) is 47.0. The lowest BCUT2D eigenvalue weighted by Crippen LogP contribution is -2.09. The van der Waals surface area contributed by atoms with E-state index in [0.29, 0.717) is 0 Å². The first kappa shape index (κ1) is 13.5. The van der Waals surface area contributed by atoms with Crippen molar-refractivity contribution in [2.24, 2.45) is 0 Å². The standard InChI is InChI=1S/C3H9O9P3/c1-3(2)9-15(8)11-13(4,5)10-14(6,7)12-15/h3H,1-2H3,(H,4,5)(H,6,7). The lowest BCUT2D eigenvalue weighted by molar-refractivity contribution is 0.116. The van der Waals surface area contributed by atoms with Gasteiger partial charge in [0.2, 0.25) is 0 Å². The third kappa shape index (κ3) is 4.07. The van der Waals surface area contributed by atoms with Crippen LogP contribution in [0.15, 0.2) is 0 Å². The highest BCUT2D eigenvalue weighted by Crippen LogP contribution is 2.80. The van der Waals surface area contributed by atoms with E-state index in [9.17, 15) is 13.7 Å². The van der Waals surface area contributed by atoms with E-state index in [4.69, 9.17) is 9.79 Å². The number of hydrogen-bond donors (Lipinski definition) is 2. The first-order valence-corrected chi connectivity index (χ1v) is 8.07. The van der Waals surface area contributed by atoms with Crippen LogP contribution in [0.25, 0.3) is 0 Å². The molecule has 2 N–H and O–H groups in total. The Hall–Kier alpha value is 0.450. The zero-order valence-electron chi connectivity index (χ0n) is 7.67. The van der Waals surface area contributed by atoms with Crippen molar-refractivity contribution in [1.82, 2.24) is 0 Å². The van der Waals surface area contributed by atoms with Gasteiger partial charge in [-0.1, -0.05) is 0 Å². The molecule has 0 spiro atoms. The molecular formula is C3H9O9P3. The van der Waals surface area contributed by atoms with E-state index in [-0.39, 0.29) is 0 Å². The SMILES string of the molecule is CC(C)OP1(=O)OP(=O)(O)OP(=O)(O)O1. The first-order chi connectivity index (χ1) is 6.54. The summed E-state index contributed by atoms with van der Waals surface area (Å²) in [5.74, 6) is 0. The van der Waals surface area contributed by atoms with Gasteiger partial charge in [0.05, 0.1) is 6.10 Å². The fraction of sp³-hybridized carbons (Fsp3) is 1.00. The maximum atomic E-state index is 11.5. The van der Waals surface area contributed by atoms with Crippen LogP contribution in [0.1, 0.15) is 13.8 Å². The number of phosphoric acid groups is 3. The summed E-state index contributed by atoms with van der Waals surface area (Å²) in [6.45, 7) is 2.85. The monoisotopic (exact) mass is 282 g/mol. The first-order valence-electron chi connectivity index (χ1n) is 3.62. The fourth-order valence-electron chi connectivity index (χ4n) is 0.725. The predicted molar refractivity (Wildman–Crippen MR) is 46.7 cm³/mol. The highest BCUT2D eigenvalue weighted by atomic mass is 31.3. The molecule has 1 heterocycles. The second-order valence-electron chi connectivity index (χ2n) is 2.78. The molecule has 90 valence electrons. The molecule has 9 nitrogen and oxygen atoms in total. The number of rotatable bonds is 2. The third-order valence-electron chi connectivity index (χ3n) is 0.953. The Balaban J connectivity index is 2.98. The van der Waals surface area contributed by atoms with Gasteiger partial charge in [-0.15, -0.1) is 0 Å². The van der Waals surface area contributed by atoms with Gasteiger partial charge in [-0.25, -0.2) is 13.7 Å². The largest absolute Gasteiger partial charge is 0.492 e. The zero-order chi connectivity index (χ0) is 11.9. The summed E-state index contributed by atoms with van der Waals surface area (Å²) in [4.78, 5) is 17.6. The van der Waals surface area contributed by atoms with Gasteiger partial charge in [0.25, 0.3) is 0 Å². The average molecular weight is 282 g/mol. The minimum absolute atomic E-state index is 0.700. The van der Waals surface area contributed by atoms with Gasteiger partial charge >= 0.3 is 23.5 Å². The van der Waals surface area contributed by atoms with Crippen LogP contribution in [0.2, 0.25) is 0 Å². The van der Waals surface area contributed by atoms with Crippen molar-refractivity contribution in [1.29, 1.82) is 0 Å². The van der Waals surface area contributed by atoms with Crippen molar-refractivity contribution in [2.75, 3.05) is 0 Å². The Labute approximate surface area is 85.2 Å². The molecule has 1 saturated heterocycles. The second-order valence-corrected chi connectivity index (χ2v) is 7.72. The van der Waals surface area contributed by atoms with E-state index in [1.807, 2.05) is 0 Å². The van der Waals surface area contributed by atoms with Crippen molar-refractivity contribution in [3.63, 3.8) is 0 Å². The molecule has 1 aliphatic heterocycles. The van der Waals surface area contributed by atoms with Crippen molar-refractivity contribution >= 4 is 23.5 Å². The lowest BCUT2D eigenvalue weighted by atomic mass is 10.5. The van der Waals surface area contributed by atoms with E-state index in [1.54, 1.807) is 0 Å². The van der Waals surface area contributed by atoms with Crippen LogP contribution in [0.5, 0.6) is 0 Å². The third-order valence-corrected chi connectivity index (χ3v) is 6.53. The molecule has 0 aromatic carbocycles. The van der Waals surface area contributed by atoms with Gasteiger partial charge in [-0.05, 0) is 13.8 Å². The van der Waals surface area contributed by atoms with Crippen LogP contribution >= 0.6 is 23.5 Å². The van der Waals surface area contributed by atoms with Gasteiger partial charge in [-0.3, -0.25) is 4.52 Å². The van der Waals surface area contributed by atoms with Crippen LogP contribution in [-0.2, 0) is 31.2 Å². The van der Waals surface area contributed by atoms with Crippen molar-refractivity contribution in [3.8, 4) is 0 Å². The molecule has 15 heavy (non-hydrogen) atoms. The quantitative estimate of drug-likeness (QED) is 0.728. The maximum absolute atomic E-state index is 11.5. The van der Waals surface area contributed by atoms with Crippen LogP contribution < -0.4 is 0 Å². The van der Waals surface area contributed by atoms with Crippen LogP contribution in [-0.4, -0.2) is 15.9 Å². The summed E-state index contributed by atoms with van der Waals surface area (Å²) >= 11 is 0. The van der Waals surface area contributed by atoms with E-state index in [2.05, 4.69) is 17.5 Å². The lowest BCUT2D eigenvalue weighted by Gasteiger charge is -2.27. The molecule has 0 bridgehead atoms. The van der Waals surface area contributed by atoms with E-state index in [0.717, 1.165) is 0 Å². The Morgan fingerprint density at radius 1 is 1.00 bits per heavy atom. The van der Waals surface area contributed by atoms with Crippen molar-refractivity contribution < 1.29 is 40.9 Å². The van der Waals surface area contributed by atoms with Crippen LogP contribution in [0.4, 0.5) is 0 Å². The Kier molecular flexibility index (Phi) is 3.64. The smallest absolute Gasteiger partial charge is 0.302 e. The molecule has 0 amide bonds. The molecule has 1 rings (SSSR count). The summed E-state index contributed by atoms with van der Waals surface area (Å²) in [5, 5.41) is 0.